The first-order chi connectivity index (χ1) is 8.49. The van der Waals surface area contributed by atoms with Crippen molar-refractivity contribution in [3.05, 3.63) is 23.1 Å². The molecule has 0 unspecified atom stereocenters. The molecule has 0 aliphatic heterocycles. The molecule has 0 saturated heterocycles. The molecule has 1 rings (SSSR count). The van der Waals surface area contributed by atoms with Gasteiger partial charge in [-0.2, -0.15) is 9.37 Å². The first-order valence-electron chi connectivity index (χ1n) is 5.16. The van der Waals surface area contributed by atoms with Crippen molar-refractivity contribution in [3.8, 4) is 5.88 Å². The minimum atomic E-state index is -3.01. The molecule has 0 aromatic carbocycles. The van der Waals surface area contributed by atoms with Gasteiger partial charge in [0, 0.05) is 5.56 Å². The lowest BCUT2D eigenvalue weighted by molar-refractivity contribution is -0.142. The Kier molecular flexibility index (Phi) is 4.94. The maximum absolute atomic E-state index is 13.2. The number of carbonyl (C=O) groups excluding carboxylic acids is 1. The van der Waals surface area contributed by atoms with Crippen LogP contribution in [0.2, 0.25) is 0 Å². The van der Waals surface area contributed by atoms with E-state index in [1.54, 1.807) is 6.92 Å². The molecule has 4 nitrogen and oxygen atoms in total. The zero-order chi connectivity index (χ0) is 13.7. The van der Waals surface area contributed by atoms with Crippen molar-refractivity contribution < 1.29 is 27.4 Å². The second kappa shape index (κ2) is 6.23. The normalized spacial score (nSPS) is 10.6. The molecule has 0 spiro atoms. The molecule has 0 N–H and O–H groups in total. The van der Waals surface area contributed by atoms with E-state index in [2.05, 4.69) is 9.72 Å². The number of aromatic nitrogens is 1. The number of esters is 1. The monoisotopic (exact) mass is 263 g/mol. The summed E-state index contributed by atoms with van der Waals surface area (Å²) in [6.07, 6.45) is -3.31. The first-order valence-corrected chi connectivity index (χ1v) is 5.16. The third-order valence-electron chi connectivity index (χ3n) is 2.11. The standard InChI is InChI=1S/C11H12F3NO3/c1-3-18-8(16)5-6-4-7(9(12)13)10(14)15-11(6)17-2/h4,9H,3,5H2,1-2H3. The van der Waals surface area contributed by atoms with Gasteiger partial charge in [-0.3, -0.25) is 4.79 Å². The predicted molar refractivity (Wildman–Crippen MR) is 56.0 cm³/mol. The van der Waals surface area contributed by atoms with Gasteiger partial charge in [0.25, 0.3) is 6.43 Å². The molecule has 1 heterocycles. The Morgan fingerprint density at radius 2 is 2.17 bits per heavy atom. The molecule has 0 aliphatic rings. The number of ether oxygens (including phenoxy) is 2. The average molecular weight is 263 g/mol. The van der Waals surface area contributed by atoms with Gasteiger partial charge in [-0.15, -0.1) is 0 Å². The SMILES string of the molecule is CCOC(=O)Cc1cc(C(F)F)c(F)nc1OC. The Labute approximate surface area is 102 Å². The molecule has 100 valence electrons. The van der Waals surface area contributed by atoms with Gasteiger partial charge in [-0.25, -0.2) is 8.78 Å². The van der Waals surface area contributed by atoms with E-state index in [-0.39, 0.29) is 24.5 Å². The molecule has 7 heteroatoms. The molecule has 0 amide bonds. The number of methoxy groups -OCH3 is 1. The van der Waals surface area contributed by atoms with Crippen molar-refractivity contribution in [3.63, 3.8) is 0 Å². The fourth-order valence-corrected chi connectivity index (χ4v) is 1.36. The summed E-state index contributed by atoms with van der Waals surface area (Å²) < 4.78 is 47.6. The number of pyridine rings is 1. The van der Waals surface area contributed by atoms with Gasteiger partial charge in [-0.1, -0.05) is 0 Å². The lowest BCUT2D eigenvalue weighted by Crippen LogP contribution is -2.11. The van der Waals surface area contributed by atoms with Crippen LogP contribution in [0, 0.1) is 5.95 Å². The topological polar surface area (TPSA) is 48.4 Å². The van der Waals surface area contributed by atoms with E-state index in [0.29, 0.717) is 0 Å². The zero-order valence-electron chi connectivity index (χ0n) is 9.87. The molecule has 0 fully saturated rings. The maximum Gasteiger partial charge on any atom is 0.310 e. The second-order valence-corrected chi connectivity index (χ2v) is 3.32. The van der Waals surface area contributed by atoms with Crippen LogP contribution in [0.1, 0.15) is 24.5 Å². The fourth-order valence-electron chi connectivity index (χ4n) is 1.36. The van der Waals surface area contributed by atoms with Crippen molar-refractivity contribution >= 4 is 5.97 Å². The highest BCUT2D eigenvalue weighted by Crippen LogP contribution is 2.26. The van der Waals surface area contributed by atoms with E-state index >= 15 is 0 Å². The van der Waals surface area contributed by atoms with Gasteiger partial charge >= 0.3 is 5.97 Å². The number of carbonyl (C=O) groups is 1. The molecular formula is C11H12F3NO3. The highest BCUT2D eigenvalue weighted by Gasteiger charge is 2.20. The largest absolute Gasteiger partial charge is 0.481 e. The Bertz CT molecular complexity index is 438. The predicted octanol–water partition coefficient (Wildman–Crippen LogP) is 2.27. The summed E-state index contributed by atoms with van der Waals surface area (Å²) in [4.78, 5) is 14.5. The number of alkyl halides is 2. The Morgan fingerprint density at radius 3 is 2.67 bits per heavy atom. The lowest BCUT2D eigenvalue weighted by Gasteiger charge is -2.10. The molecule has 18 heavy (non-hydrogen) atoms. The highest BCUT2D eigenvalue weighted by molar-refractivity contribution is 5.73. The maximum atomic E-state index is 13.2. The van der Waals surface area contributed by atoms with E-state index in [4.69, 9.17) is 4.74 Å². The molecule has 1 aromatic heterocycles. The number of rotatable bonds is 5. The van der Waals surface area contributed by atoms with Crippen LogP contribution in [0.15, 0.2) is 6.07 Å². The summed E-state index contributed by atoms with van der Waals surface area (Å²) in [5.41, 5.74) is -0.803. The highest BCUT2D eigenvalue weighted by atomic mass is 19.3. The van der Waals surface area contributed by atoms with Gasteiger partial charge in [0.2, 0.25) is 11.8 Å². The minimum absolute atomic E-state index is 0.0626. The van der Waals surface area contributed by atoms with Gasteiger partial charge in [0.1, 0.15) is 0 Å². The molecule has 0 aliphatic carbocycles. The van der Waals surface area contributed by atoms with Crippen LogP contribution in [-0.2, 0) is 16.0 Å². The zero-order valence-corrected chi connectivity index (χ0v) is 9.87. The summed E-state index contributed by atoms with van der Waals surface area (Å²) in [7, 11) is 1.21. The lowest BCUT2D eigenvalue weighted by atomic mass is 10.1. The Morgan fingerprint density at radius 1 is 1.50 bits per heavy atom. The summed E-state index contributed by atoms with van der Waals surface area (Å²) in [6.45, 7) is 1.78. The quantitative estimate of drug-likeness (QED) is 0.604. The van der Waals surface area contributed by atoms with Gasteiger partial charge in [0.05, 0.1) is 25.7 Å². The molecule has 0 saturated carbocycles. The summed E-state index contributed by atoms with van der Waals surface area (Å²) in [5.74, 6) is -2.14. The van der Waals surface area contributed by atoms with Crippen molar-refractivity contribution in [1.29, 1.82) is 0 Å². The number of hydrogen-bond donors (Lipinski definition) is 0. The van der Waals surface area contributed by atoms with E-state index in [1.165, 1.54) is 7.11 Å². The number of nitrogens with zero attached hydrogens (tertiary/aromatic N) is 1. The Hall–Kier alpha value is -1.79. The average Bonchev–Trinajstić information content (AvgIpc) is 2.30. The molecule has 0 bridgehead atoms. The van der Waals surface area contributed by atoms with E-state index in [9.17, 15) is 18.0 Å². The van der Waals surface area contributed by atoms with Gasteiger partial charge in [-0.05, 0) is 13.0 Å². The molecule has 1 aromatic rings. The Balaban J connectivity index is 3.08. The van der Waals surface area contributed by atoms with Crippen LogP contribution in [0.4, 0.5) is 13.2 Å². The fraction of sp³-hybridized carbons (Fsp3) is 0.455. The van der Waals surface area contributed by atoms with Crippen molar-refractivity contribution in [2.24, 2.45) is 0 Å². The molecule has 0 atom stereocenters. The van der Waals surface area contributed by atoms with Crippen molar-refractivity contribution in [2.45, 2.75) is 19.8 Å². The van der Waals surface area contributed by atoms with Crippen LogP contribution in [0.5, 0.6) is 5.88 Å². The summed E-state index contributed by atoms with van der Waals surface area (Å²) >= 11 is 0. The van der Waals surface area contributed by atoms with E-state index < -0.39 is 23.9 Å². The van der Waals surface area contributed by atoms with Crippen LogP contribution in [-0.4, -0.2) is 24.7 Å². The van der Waals surface area contributed by atoms with E-state index in [1.807, 2.05) is 0 Å². The van der Waals surface area contributed by atoms with Gasteiger partial charge < -0.3 is 9.47 Å². The molecular weight excluding hydrogens is 251 g/mol. The van der Waals surface area contributed by atoms with Crippen LogP contribution >= 0.6 is 0 Å². The first kappa shape index (κ1) is 14.3. The smallest absolute Gasteiger partial charge is 0.310 e. The second-order valence-electron chi connectivity index (χ2n) is 3.32. The molecule has 0 radical (unpaired) electrons. The minimum Gasteiger partial charge on any atom is -0.481 e. The summed E-state index contributed by atoms with van der Waals surface area (Å²) in [5, 5.41) is 0. The number of halogens is 3. The van der Waals surface area contributed by atoms with Crippen molar-refractivity contribution in [2.75, 3.05) is 13.7 Å². The van der Waals surface area contributed by atoms with Crippen molar-refractivity contribution in [1.82, 2.24) is 4.98 Å². The van der Waals surface area contributed by atoms with Crippen LogP contribution in [0.25, 0.3) is 0 Å². The third kappa shape index (κ3) is 3.35. The summed E-state index contributed by atoms with van der Waals surface area (Å²) in [6, 6.07) is 0.864. The third-order valence-corrected chi connectivity index (χ3v) is 2.11. The van der Waals surface area contributed by atoms with Crippen LogP contribution in [0.3, 0.4) is 0 Å². The van der Waals surface area contributed by atoms with Crippen LogP contribution < -0.4 is 4.74 Å². The number of hydrogen-bond acceptors (Lipinski definition) is 4. The van der Waals surface area contributed by atoms with E-state index in [0.717, 1.165) is 6.07 Å². The van der Waals surface area contributed by atoms with Gasteiger partial charge in [0.15, 0.2) is 0 Å².